The SMILES string of the molecule is COc1ccc(/C=C/C(=O)NC(C)C(=O)N(C)C(C)c2cccc(Cl)c2)cc1. The number of hydrogen-bond acceptors (Lipinski definition) is 3. The van der Waals surface area contributed by atoms with Gasteiger partial charge < -0.3 is 15.0 Å². The van der Waals surface area contributed by atoms with Crippen molar-refractivity contribution in [2.75, 3.05) is 14.2 Å². The maximum atomic E-state index is 12.7. The average Bonchev–Trinajstić information content (AvgIpc) is 2.70. The summed E-state index contributed by atoms with van der Waals surface area (Å²) in [6.45, 7) is 3.59. The van der Waals surface area contributed by atoms with Gasteiger partial charge in [-0.15, -0.1) is 0 Å². The summed E-state index contributed by atoms with van der Waals surface area (Å²) in [5.41, 5.74) is 1.79. The predicted molar refractivity (Wildman–Crippen MR) is 112 cm³/mol. The number of rotatable bonds is 7. The van der Waals surface area contributed by atoms with E-state index >= 15 is 0 Å². The minimum absolute atomic E-state index is 0.166. The zero-order chi connectivity index (χ0) is 20.7. The van der Waals surface area contributed by atoms with E-state index in [2.05, 4.69) is 5.32 Å². The maximum Gasteiger partial charge on any atom is 0.245 e. The van der Waals surface area contributed by atoms with Gasteiger partial charge >= 0.3 is 0 Å². The van der Waals surface area contributed by atoms with Crippen LogP contribution in [0.15, 0.2) is 54.6 Å². The molecular formula is C22H25ClN2O3. The van der Waals surface area contributed by atoms with Gasteiger partial charge in [0.05, 0.1) is 13.2 Å². The van der Waals surface area contributed by atoms with Gasteiger partial charge in [0.2, 0.25) is 11.8 Å². The molecule has 0 aliphatic carbocycles. The molecule has 0 spiro atoms. The molecule has 0 aromatic heterocycles. The van der Waals surface area contributed by atoms with Crippen LogP contribution in [0.4, 0.5) is 0 Å². The largest absolute Gasteiger partial charge is 0.497 e. The van der Waals surface area contributed by atoms with Gasteiger partial charge in [0.15, 0.2) is 0 Å². The molecule has 0 heterocycles. The molecule has 2 aromatic carbocycles. The molecule has 0 bridgehead atoms. The lowest BCUT2D eigenvalue weighted by Gasteiger charge is -2.28. The number of carbonyl (C=O) groups excluding carboxylic acids is 2. The second-order valence-electron chi connectivity index (χ2n) is 6.52. The first-order valence-electron chi connectivity index (χ1n) is 8.96. The first-order valence-corrected chi connectivity index (χ1v) is 9.34. The van der Waals surface area contributed by atoms with Crippen molar-refractivity contribution in [2.24, 2.45) is 0 Å². The quantitative estimate of drug-likeness (QED) is 0.712. The van der Waals surface area contributed by atoms with E-state index in [1.165, 1.54) is 6.08 Å². The summed E-state index contributed by atoms with van der Waals surface area (Å²) in [4.78, 5) is 26.4. The van der Waals surface area contributed by atoms with Crippen LogP contribution in [0.25, 0.3) is 6.08 Å². The minimum Gasteiger partial charge on any atom is -0.497 e. The van der Waals surface area contributed by atoms with Crippen LogP contribution in [0.3, 0.4) is 0 Å². The molecule has 2 aromatic rings. The summed E-state index contributed by atoms with van der Waals surface area (Å²) in [5, 5.41) is 3.32. The molecule has 0 fully saturated rings. The predicted octanol–water partition coefficient (Wildman–Crippen LogP) is 4.09. The Kier molecular flexibility index (Phi) is 7.64. The van der Waals surface area contributed by atoms with Crippen molar-refractivity contribution < 1.29 is 14.3 Å². The fourth-order valence-corrected chi connectivity index (χ4v) is 2.90. The van der Waals surface area contributed by atoms with Crippen molar-refractivity contribution >= 4 is 29.5 Å². The molecule has 0 aliphatic heterocycles. The van der Waals surface area contributed by atoms with Crippen LogP contribution in [0.1, 0.15) is 31.0 Å². The molecule has 28 heavy (non-hydrogen) atoms. The third-order valence-corrected chi connectivity index (χ3v) is 4.77. The zero-order valence-electron chi connectivity index (χ0n) is 16.5. The number of likely N-dealkylation sites (N-methyl/N-ethyl adjacent to an activating group) is 1. The number of nitrogens with zero attached hydrogens (tertiary/aromatic N) is 1. The van der Waals surface area contributed by atoms with E-state index in [9.17, 15) is 9.59 Å². The standard InChI is InChI=1S/C22H25ClN2O3/c1-15(22(27)25(3)16(2)18-6-5-7-19(23)14-18)24-21(26)13-10-17-8-11-20(28-4)12-9-17/h5-16H,1-4H3,(H,24,26)/b13-10+. The Morgan fingerprint density at radius 1 is 1.14 bits per heavy atom. The highest BCUT2D eigenvalue weighted by Crippen LogP contribution is 2.22. The Balaban J connectivity index is 1.94. The molecule has 148 valence electrons. The normalized spacial score (nSPS) is 13.0. The molecule has 2 unspecified atom stereocenters. The molecule has 1 N–H and O–H groups in total. The van der Waals surface area contributed by atoms with Gasteiger partial charge in [0, 0.05) is 18.1 Å². The molecule has 2 amide bonds. The highest BCUT2D eigenvalue weighted by molar-refractivity contribution is 6.30. The summed E-state index contributed by atoms with van der Waals surface area (Å²) < 4.78 is 5.10. The van der Waals surface area contributed by atoms with Crippen LogP contribution in [-0.2, 0) is 9.59 Å². The fraction of sp³-hybridized carbons (Fsp3) is 0.273. The summed E-state index contributed by atoms with van der Waals surface area (Å²) in [5.74, 6) is 0.233. The van der Waals surface area contributed by atoms with Crippen molar-refractivity contribution in [1.29, 1.82) is 0 Å². The van der Waals surface area contributed by atoms with Gasteiger partial charge in [-0.2, -0.15) is 0 Å². The Morgan fingerprint density at radius 2 is 1.82 bits per heavy atom. The number of hydrogen-bond donors (Lipinski definition) is 1. The van der Waals surface area contributed by atoms with Gasteiger partial charge in [0.1, 0.15) is 11.8 Å². The molecule has 0 saturated carbocycles. The van der Waals surface area contributed by atoms with Crippen LogP contribution in [0, 0.1) is 0 Å². The van der Waals surface area contributed by atoms with Gasteiger partial charge in [-0.05, 0) is 55.3 Å². The third-order valence-electron chi connectivity index (χ3n) is 4.53. The van der Waals surface area contributed by atoms with Gasteiger partial charge in [0.25, 0.3) is 0 Å². The number of amides is 2. The number of nitrogens with one attached hydrogen (secondary N) is 1. The zero-order valence-corrected chi connectivity index (χ0v) is 17.2. The summed E-state index contributed by atoms with van der Waals surface area (Å²) in [7, 11) is 3.31. The Bertz CT molecular complexity index is 849. The highest BCUT2D eigenvalue weighted by atomic mass is 35.5. The number of ether oxygens (including phenoxy) is 1. The van der Waals surface area contributed by atoms with E-state index in [4.69, 9.17) is 16.3 Å². The van der Waals surface area contributed by atoms with Crippen molar-refractivity contribution in [3.8, 4) is 5.75 Å². The minimum atomic E-state index is -0.653. The van der Waals surface area contributed by atoms with E-state index in [0.29, 0.717) is 5.02 Å². The Morgan fingerprint density at radius 3 is 2.43 bits per heavy atom. The summed E-state index contributed by atoms with van der Waals surface area (Å²) >= 11 is 6.03. The monoisotopic (exact) mass is 400 g/mol. The lowest BCUT2D eigenvalue weighted by Crippen LogP contribution is -2.45. The van der Waals surface area contributed by atoms with Crippen molar-refractivity contribution in [3.05, 3.63) is 70.8 Å². The van der Waals surface area contributed by atoms with Crippen LogP contribution >= 0.6 is 11.6 Å². The first kappa shape index (κ1) is 21.5. The number of methoxy groups -OCH3 is 1. The molecule has 0 radical (unpaired) electrons. The maximum absolute atomic E-state index is 12.7. The topological polar surface area (TPSA) is 58.6 Å². The lowest BCUT2D eigenvalue weighted by molar-refractivity contribution is -0.135. The van der Waals surface area contributed by atoms with Crippen LogP contribution in [0.5, 0.6) is 5.75 Å². The van der Waals surface area contributed by atoms with E-state index in [1.807, 2.05) is 49.4 Å². The molecule has 5 nitrogen and oxygen atoms in total. The number of benzene rings is 2. The van der Waals surface area contributed by atoms with Crippen molar-refractivity contribution in [2.45, 2.75) is 25.9 Å². The van der Waals surface area contributed by atoms with Crippen molar-refractivity contribution in [1.82, 2.24) is 10.2 Å². The Hall–Kier alpha value is -2.79. The molecule has 0 saturated heterocycles. The third kappa shape index (κ3) is 5.86. The second kappa shape index (κ2) is 9.95. The molecule has 2 atom stereocenters. The van der Waals surface area contributed by atoms with E-state index in [1.54, 1.807) is 38.1 Å². The fourth-order valence-electron chi connectivity index (χ4n) is 2.70. The van der Waals surface area contributed by atoms with Crippen LogP contribution in [0.2, 0.25) is 5.02 Å². The van der Waals surface area contributed by atoms with Crippen LogP contribution < -0.4 is 10.1 Å². The molecule has 6 heteroatoms. The van der Waals surface area contributed by atoms with Crippen molar-refractivity contribution in [3.63, 3.8) is 0 Å². The smallest absolute Gasteiger partial charge is 0.245 e. The lowest BCUT2D eigenvalue weighted by atomic mass is 10.1. The van der Waals surface area contributed by atoms with Crippen LogP contribution in [-0.4, -0.2) is 36.9 Å². The second-order valence-corrected chi connectivity index (χ2v) is 6.95. The summed E-state index contributed by atoms with van der Waals surface area (Å²) in [6, 6.07) is 13.9. The first-order chi connectivity index (χ1) is 13.3. The van der Waals surface area contributed by atoms with E-state index < -0.39 is 6.04 Å². The van der Waals surface area contributed by atoms with E-state index in [0.717, 1.165) is 16.9 Å². The van der Waals surface area contributed by atoms with Gasteiger partial charge in [-0.3, -0.25) is 9.59 Å². The Labute approximate surface area is 170 Å². The molecule has 2 rings (SSSR count). The van der Waals surface area contributed by atoms with Gasteiger partial charge in [-0.25, -0.2) is 0 Å². The molecular weight excluding hydrogens is 376 g/mol. The number of halogens is 1. The number of carbonyl (C=O) groups is 2. The summed E-state index contributed by atoms with van der Waals surface area (Å²) in [6.07, 6.45) is 3.09. The van der Waals surface area contributed by atoms with Gasteiger partial charge in [-0.1, -0.05) is 35.9 Å². The average molecular weight is 401 g/mol. The van der Waals surface area contributed by atoms with E-state index in [-0.39, 0.29) is 17.9 Å². The highest BCUT2D eigenvalue weighted by Gasteiger charge is 2.23. The molecule has 0 aliphatic rings.